The number of hydrogen-bond donors (Lipinski definition) is 2. The Hall–Kier alpha value is -1.17. The van der Waals surface area contributed by atoms with Crippen molar-refractivity contribution >= 4 is 0 Å². The van der Waals surface area contributed by atoms with Crippen molar-refractivity contribution in [1.29, 1.82) is 0 Å². The van der Waals surface area contributed by atoms with Crippen LogP contribution >= 0.6 is 0 Å². The first kappa shape index (κ1) is 14.2. The predicted octanol–water partition coefficient (Wildman–Crippen LogP) is 1.16. The number of nitrogens with zero attached hydrogens (tertiary/aromatic N) is 1. The van der Waals surface area contributed by atoms with Gasteiger partial charge in [-0.2, -0.15) is 0 Å². The Kier molecular flexibility index (Phi) is 5.13. The van der Waals surface area contributed by atoms with Crippen LogP contribution in [0.2, 0.25) is 0 Å². The second-order valence-corrected chi connectivity index (χ2v) is 4.71. The number of hydrogen-bond acceptors (Lipinski definition) is 4. The molecule has 1 atom stereocenters. The molecule has 106 valence electrons. The van der Waals surface area contributed by atoms with E-state index in [0.29, 0.717) is 6.42 Å². The summed E-state index contributed by atoms with van der Waals surface area (Å²) < 4.78 is 18.5. The van der Waals surface area contributed by atoms with Crippen LogP contribution in [0.4, 0.5) is 4.39 Å². The Morgan fingerprint density at radius 1 is 1.42 bits per heavy atom. The summed E-state index contributed by atoms with van der Waals surface area (Å²) in [6.07, 6.45) is 0.648. The summed E-state index contributed by atoms with van der Waals surface area (Å²) in [6.45, 7) is 3.88. The van der Waals surface area contributed by atoms with Crippen molar-refractivity contribution in [1.82, 2.24) is 10.2 Å². The third kappa shape index (κ3) is 3.43. The van der Waals surface area contributed by atoms with E-state index in [9.17, 15) is 9.50 Å². The fourth-order valence-corrected chi connectivity index (χ4v) is 2.56. The number of benzene rings is 1. The molecule has 5 heteroatoms. The zero-order chi connectivity index (χ0) is 13.7. The third-order valence-corrected chi connectivity index (χ3v) is 3.55. The largest absolute Gasteiger partial charge is 0.494 e. The highest BCUT2D eigenvalue weighted by molar-refractivity contribution is 5.32. The van der Waals surface area contributed by atoms with Crippen LogP contribution in [-0.2, 0) is 0 Å². The van der Waals surface area contributed by atoms with Crippen LogP contribution in [0.5, 0.6) is 5.75 Å². The lowest BCUT2D eigenvalue weighted by Crippen LogP contribution is -2.45. The van der Waals surface area contributed by atoms with E-state index >= 15 is 0 Å². The fourth-order valence-electron chi connectivity index (χ4n) is 2.56. The molecule has 0 bridgehead atoms. The van der Waals surface area contributed by atoms with Crippen LogP contribution in [-0.4, -0.2) is 49.9 Å². The van der Waals surface area contributed by atoms with Crippen LogP contribution in [0.15, 0.2) is 18.2 Å². The molecule has 0 spiro atoms. The Bertz CT molecular complexity index is 408. The number of methoxy groups -OCH3 is 1. The smallest absolute Gasteiger partial charge is 0.165 e. The molecule has 0 unspecified atom stereocenters. The molecule has 0 radical (unpaired) electrons. The van der Waals surface area contributed by atoms with Gasteiger partial charge in [0.15, 0.2) is 11.6 Å². The van der Waals surface area contributed by atoms with Crippen molar-refractivity contribution in [3.63, 3.8) is 0 Å². The summed E-state index contributed by atoms with van der Waals surface area (Å²) in [5.74, 6) is -0.0927. The number of piperazine rings is 1. The van der Waals surface area contributed by atoms with E-state index in [1.54, 1.807) is 12.1 Å². The number of halogens is 1. The minimum absolute atomic E-state index is 0.113. The molecule has 1 aromatic rings. The van der Waals surface area contributed by atoms with E-state index in [1.807, 2.05) is 0 Å². The van der Waals surface area contributed by atoms with E-state index in [0.717, 1.165) is 31.7 Å². The summed E-state index contributed by atoms with van der Waals surface area (Å²) in [5, 5.41) is 12.6. The van der Waals surface area contributed by atoms with Crippen LogP contribution < -0.4 is 10.1 Å². The molecular formula is C14H21FN2O2. The molecule has 0 saturated carbocycles. The first-order valence-electron chi connectivity index (χ1n) is 6.65. The van der Waals surface area contributed by atoms with Gasteiger partial charge in [0.1, 0.15) is 0 Å². The third-order valence-electron chi connectivity index (χ3n) is 3.55. The van der Waals surface area contributed by atoms with Crippen LogP contribution in [0.25, 0.3) is 0 Å². The van der Waals surface area contributed by atoms with Gasteiger partial charge < -0.3 is 15.2 Å². The molecule has 1 aromatic carbocycles. The summed E-state index contributed by atoms with van der Waals surface area (Å²) >= 11 is 0. The van der Waals surface area contributed by atoms with E-state index in [1.165, 1.54) is 13.2 Å². The van der Waals surface area contributed by atoms with Crippen molar-refractivity contribution in [3.8, 4) is 5.75 Å². The Labute approximate surface area is 113 Å². The SMILES string of the molecule is COc1cc([C@H](CCO)N2CCNCC2)ccc1F. The van der Waals surface area contributed by atoms with Crippen LogP contribution in [0, 0.1) is 5.82 Å². The molecule has 1 aliphatic rings. The van der Waals surface area contributed by atoms with Crippen molar-refractivity contribution in [3.05, 3.63) is 29.6 Å². The lowest BCUT2D eigenvalue weighted by molar-refractivity contribution is 0.141. The summed E-state index contributed by atoms with van der Waals surface area (Å²) in [6, 6.07) is 5.06. The molecule has 4 nitrogen and oxygen atoms in total. The number of aliphatic hydroxyl groups excluding tert-OH is 1. The second-order valence-electron chi connectivity index (χ2n) is 4.71. The maximum absolute atomic E-state index is 13.5. The van der Waals surface area contributed by atoms with Gasteiger partial charge in [-0.3, -0.25) is 4.90 Å². The molecule has 1 fully saturated rings. The minimum Gasteiger partial charge on any atom is -0.494 e. The van der Waals surface area contributed by atoms with Gasteiger partial charge in [-0.15, -0.1) is 0 Å². The van der Waals surface area contributed by atoms with Gasteiger partial charge in [0.05, 0.1) is 7.11 Å². The summed E-state index contributed by atoms with van der Waals surface area (Å²) in [7, 11) is 1.47. The van der Waals surface area contributed by atoms with Crippen molar-refractivity contribution < 1.29 is 14.2 Å². The van der Waals surface area contributed by atoms with E-state index in [2.05, 4.69) is 10.2 Å². The molecule has 1 heterocycles. The second kappa shape index (κ2) is 6.84. The molecule has 0 aromatic heterocycles. The molecule has 0 amide bonds. The highest BCUT2D eigenvalue weighted by Crippen LogP contribution is 2.28. The summed E-state index contributed by atoms with van der Waals surface area (Å²) in [4.78, 5) is 2.32. The highest BCUT2D eigenvalue weighted by atomic mass is 19.1. The van der Waals surface area contributed by atoms with Crippen LogP contribution in [0.1, 0.15) is 18.0 Å². The van der Waals surface area contributed by atoms with Gasteiger partial charge in [0.25, 0.3) is 0 Å². The van der Waals surface area contributed by atoms with E-state index in [-0.39, 0.29) is 24.2 Å². The zero-order valence-corrected chi connectivity index (χ0v) is 11.2. The number of ether oxygens (including phenoxy) is 1. The predicted molar refractivity (Wildman–Crippen MR) is 71.8 cm³/mol. The normalized spacial score (nSPS) is 18.3. The lowest BCUT2D eigenvalue weighted by Gasteiger charge is -2.35. The van der Waals surface area contributed by atoms with Gasteiger partial charge in [-0.05, 0) is 24.1 Å². The van der Waals surface area contributed by atoms with Gasteiger partial charge in [-0.25, -0.2) is 4.39 Å². The standard InChI is InChI=1S/C14H21FN2O2/c1-19-14-10-11(2-3-12(14)15)13(4-9-18)17-7-5-16-6-8-17/h2-3,10,13,16,18H,4-9H2,1H3/t13-/m0/s1. The van der Waals surface area contributed by atoms with Crippen molar-refractivity contribution in [2.24, 2.45) is 0 Å². The van der Waals surface area contributed by atoms with Crippen LogP contribution in [0.3, 0.4) is 0 Å². The number of rotatable bonds is 5. The lowest BCUT2D eigenvalue weighted by atomic mass is 10.0. The maximum Gasteiger partial charge on any atom is 0.165 e. The molecule has 1 saturated heterocycles. The van der Waals surface area contributed by atoms with Gasteiger partial charge in [-0.1, -0.05) is 6.07 Å². The molecule has 19 heavy (non-hydrogen) atoms. The van der Waals surface area contributed by atoms with Crippen molar-refractivity contribution in [2.45, 2.75) is 12.5 Å². The quantitative estimate of drug-likeness (QED) is 0.841. The molecule has 2 rings (SSSR count). The molecule has 1 aliphatic heterocycles. The van der Waals surface area contributed by atoms with Gasteiger partial charge >= 0.3 is 0 Å². The average Bonchev–Trinajstić information content (AvgIpc) is 2.46. The number of aliphatic hydroxyl groups is 1. The zero-order valence-electron chi connectivity index (χ0n) is 11.2. The fraction of sp³-hybridized carbons (Fsp3) is 0.571. The topological polar surface area (TPSA) is 44.7 Å². The first-order valence-corrected chi connectivity index (χ1v) is 6.65. The minimum atomic E-state index is -0.352. The van der Waals surface area contributed by atoms with E-state index in [4.69, 9.17) is 4.74 Å². The Morgan fingerprint density at radius 3 is 2.79 bits per heavy atom. The molecule has 2 N–H and O–H groups in total. The Balaban J connectivity index is 2.22. The van der Waals surface area contributed by atoms with E-state index < -0.39 is 0 Å². The summed E-state index contributed by atoms with van der Waals surface area (Å²) in [5.41, 5.74) is 0.995. The molecule has 0 aliphatic carbocycles. The van der Waals surface area contributed by atoms with Gasteiger partial charge in [0, 0.05) is 38.8 Å². The van der Waals surface area contributed by atoms with Gasteiger partial charge in [0.2, 0.25) is 0 Å². The monoisotopic (exact) mass is 268 g/mol. The average molecular weight is 268 g/mol. The first-order chi connectivity index (χ1) is 9.26. The van der Waals surface area contributed by atoms with Crippen molar-refractivity contribution in [2.75, 3.05) is 39.9 Å². The maximum atomic E-state index is 13.5. The number of nitrogens with one attached hydrogen (secondary N) is 1. The highest BCUT2D eigenvalue weighted by Gasteiger charge is 2.22. The molecular weight excluding hydrogens is 247 g/mol. The Morgan fingerprint density at radius 2 is 2.16 bits per heavy atom.